The lowest BCUT2D eigenvalue weighted by Crippen LogP contribution is -2.46. The number of hydrogen-bond acceptors (Lipinski definition) is 5. The molecule has 0 radical (unpaired) electrons. The van der Waals surface area contributed by atoms with Gasteiger partial charge in [-0.15, -0.1) is 11.8 Å². The number of halogens is 1. The van der Waals surface area contributed by atoms with Gasteiger partial charge in [0.15, 0.2) is 0 Å². The van der Waals surface area contributed by atoms with Gasteiger partial charge in [0.2, 0.25) is 11.8 Å². The van der Waals surface area contributed by atoms with E-state index in [1.54, 1.807) is 22.8 Å². The molecule has 0 spiro atoms. The number of likely N-dealkylation sites (tertiary alicyclic amines) is 1. The third-order valence-electron chi connectivity index (χ3n) is 8.03. The number of ether oxygens (including phenoxy) is 1. The number of nitrogens with zero attached hydrogens (tertiary/aromatic N) is 4. The predicted molar refractivity (Wildman–Crippen MR) is 164 cm³/mol. The van der Waals surface area contributed by atoms with Crippen LogP contribution in [0.25, 0.3) is 16.9 Å². The van der Waals surface area contributed by atoms with Crippen molar-refractivity contribution < 1.29 is 18.7 Å². The molecule has 2 amide bonds. The summed E-state index contributed by atoms with van der Waals surface area (Å²) >= 11 is 1.43. The van der Waals surface area contributed by atoms with E-state index in [2.05, 4.69) is 6.92 Å². The van der Waals surface area contributed by atoms with Gasteiger partial charge >= 0.3 is 0 Å². The second kappa shape index (κ2) is 12.0. The zero-order chi connectivity index (χ0) is 29.2. The van der Waals surface area contributed by atoms with E-state index >= 15 is 0 Å². The van der Waals surface area contributed by atoms with Crippen LogP contribution in [0.15, 0.2) is 78.9 Å². The van der Waals surface area contributed by atoms with E-state index in [0.29, 0.717) is 36.3 Å². The van der Waals surface area contributed by atoms with Crippen LogP contribution in [0.1, 0.15) is 36.1 Å². The van der Waals surface area contributed by atoms with Gasteiger partial charge in [-0.1, -0.05) is 49.4 Å². The molecule has 6 rings (SSSR count). The lowest BCUT2D eigenvalue weighted by atomic mass is 9.99. The lowest BCUT2D eigenvalue weighted by molar-refractivity contribution is -0.132. The van der Waals surface area contributed by atoms with Crippen molar-refractivity contribution in [1.29, 1.82) is 0 Å². The maximum atomic E-state index is 14.6. The first kappa shape index (κ1) is 28.0. The molecule has 2 aliphatic rings. The summed E-state index contributed by atoms with van der Waals surface area (Å²) in [5.41, 5.74) is 3.78. The largest absolute Gasteiger partial charge is 0.497 e. The Hall–Kier alpha value is -4.11. The minimum absolute atomic E-state index is 0.0841. The van der Waals surface area contributed by atoms with Gasteiger partial charge in [-0.25, -0.2) is 9.07 Å². The third kappa shape index (κ3) is 5.53. The summed E-state index contributed by atoms with van der Waals surface area (Å²) in [6, 6.07) is 23.7. The minimum Gasteiger partial charge on any atom is -0.497 e. The predicted octanol–water partition coefficient (Wildman–Crippen LogP) is 6.11. The fraction of sp³-hybridized carbons (Fsp3) is 0.303. The molecule has 1 saturated heterocycles. The number of benzene rings is 3. The fourth-order valence-corrected chi connectivity index (χ4v) is 6.85. The number of aromatic nitrogens is 2. The van der Waals surface area contributed by atoms with Crippen LogP contribution >= 0.6 is 11.8 Å². The molecule has 1 fully saturated rings. The first-order chi connectivity index (χ1) is 20.4. The Kier molecular flexibility index (Phi) is 8.02. The molecule has 3 heterocycles. The molecule has 4 aromatic rings. The van der Waals surface area contributed by atoms with Crippen LogP contribution in [-0.2, 0) is 9.59 Å². The summed E-state index contributed by atoms with van der Waals surface area (Å²) in [4.78, 5) is 31.0. The van der Waals surface area contributed by atoms with Crippen LogP contribution in [0.3, 0.4) is 0 Å². The summed E-state index contributed by atoms with van der Waals surface area (Å²) < 4.78 is 21.7. The standard InChI is InChI=1S/C33H33FN4O3S/c1-22-15-17-36(18-16-22)28(39)20-37-29(40)21-42-32(24-9-6-10-25(34)19-24)30-31(23-7-4-3-5-8-23)35-38(33(30)37)26-11-13-27(41-2)14-12-26/h3-14,19,22,32H,15-18,20-21H2,1-2H3/t32-/m0/s1. The Balaban J connectivity index is 1.56. The second-order valence-electron chi connectivity index (χ2n) is 10.9. The van der Waals surface area contributed by atoms with Crippen molar-refractivity contribution in [3.8, 4) is 22.7 Å². The molecule has 7 nitrogen and oxygen atoms in total. The van der Waals surface area contributed by atoms with Gasteiger partial charge in [-0.2, -0.15) is 5.10 Å². The molecule has 0 N–H and O–H groups in total. The molecule has 0 bridgehead atoms. The molecule has 216 valence electrons. The average Bonchev–Trinajstić information content (AvgIpc) is 3.34. The number of piperidine rings is 1. The second-order valence-corrected chi connectivity index (χ2v) is 11.9. The van der Waals surface area contributed by atoms with E-state index in [9.17, 15) is 14.0 Å². The van der Waals surface area contributed by atoms with E-state index in [1.165, 1.54) is 23.9 Å². The number of carbonyl (C=O) groups excluding carboxylic acids is 2. The molecular weight excluding hydrogens is 551 g/mol. The Bertz CT molecular complexity index is 1580. The SMILES string of the molecule is COc1ccc(-n2nc(-c3ccccc3)c3c2N(CC(=O)N2CCC(C)CC2)C(=O)CS[C@H]3c2cccc(F)c2)cc1. The molecular formula is C33H33FN4O3S. The Morgan fingerprint density at radius 2 is 1.76 bits per heavy atom. The third-order valence-corrected chi connectivity index (χ3v) is 9.29. The highest BCUT2D eigenvalue weighted by molar-refractivity contribution is 8.00. The molecule has 42 heavy (non-hydrogen) atoms. The zero-order valence-electron chi connectivity index (χ0n) is 23.7. The van der Waals surface area contributed by atoms with Crippen molar-refractivity contribution >= 4 is 29.4 Å². The summed E-state index contributed by atoms with van der Waals surface area (Å²) in [7, 11) is 1.61. The van der Waals surface area contributed by atoms with Crippen LogP contribution in [0.4, 0.5) is 10.2 Å². The average molecular weight is 585 g/mol. The lowest BCUT2D eigenvalue weighted by Gasteiger charge is -2.32. The monoisotopic (exact) mass is 584 g/mol. The van der Waals surface area contributed by atoms with E-state index in [1.807, 2.05) is 65.6 Å². The smallest absolute Gasteiger partial charge is 0.242 e. The Labute approximate surface area is 249 Å². The van der Waals surface area contributed by atoms with Crippen LogP contribution < -0.4 is 9.64 Å². The van der Waals surface area contributed by atoms with E-state index in [4.69, 9.17) is 9.84 Å². The molecule has 3 aromatic carbocycles. The first-order valence-electron chi connectivity index (χ1n) is 14.2. The highest BCUT2D eigenvalue weighted by Gasteiger charge is 2.38. The molecule has 0 unspecified atom stereocenters. The van der Waals surface area contributed by atoms with Crippen molar-refractivity contribution in [1.82, 2.24) is 14.7 Å². The minimum atomic E-state index is -0.391. The summed E-state index contributed by atoms with van der Waals surface area (Å²) in [5.74, 6) is 1.32. The molecule has 9 heteroatoms. The highest BCUT2D eigenvalue weighted by atomic mass is 32.2. The number of amides is 2. The van der Waals surface area contributed by atoms with Gasteiger partial charge in [-0.05, 0) is 60.7 Å². The van der Waals surface area contributed by atoms with E-state index in [-0.39, 0.29) is 29.9 Å². The van der Waals surface area contributed by atoms with Gasteiger partial charge in [0.05, 0.1) is 29.5 Å². The Morgan fingerprint density at radius 1 is 1.02 bits per heavy atom. The fourth-order valence-electron chi connectivity index (χ4n) is 5.66. The van der Waals surface area contributed by atoms with Crippen LogP contribution in [0.2, 0.25) is 0 Å². The van der Waals surface area contributed by atoms with Gasteiger partial charge in [0.25, 0.3) is 0 Å². The summed E-state index contributed by atoms with van der Waals surface area (Å²) in [6.45, 7) is 3.48. The number of methoxy groups -OCH3 is 1. The number of rotatable bonds is 6. The van der Waals surface area contributed by atoms with Crippen LogP contribution in [0.5, 0.6) is 5.75 Å². The zero-order valence-corrected chi connectivity index (χ0v) is 24.5. The summed E-state index contributed by atoms with van der Waals surface area (Å²) in [6.07, 6.45) is 1.90. The van der Waals surface area contributed by atoms with Crippen molar-refractivity contribution in [2.24, 2.45) is 5.92 Å². The molecule has 2 aliphatic heterocycles. The van der Waals surface area contributed by atoms with Crippen LogP contribution in [-0.4, -0.2) is 59.0 Å². The number of anilines is 1. The van der Waals surface area contributed by atoms with Gasteiger partial charge < -0.3 is 9.64 Å². The number of hydrogen-bond donors (Lipinski definition) is 0. The van der Waals surface area contributed by atoms with Crippen molar-refractivity contribution in [2.45, 2.75) is 25.0 Å². The topological polar surface area (TPSA) is 67.7 Å². The van der Waals surface area contributed by atoms with Gasteiger partial charge in [0, 0.05) is 24.2 Å². The van der Waals surface area contributed by atoms with Crippen molar-refractivity contribution in [3.05, 3.63) is 95.8 Å². The highest BCUT2D eigenvalue weighted by Crippen LogP contribution is 2.48. The quantitative estimate of drug-likeness (QED) is 0.273. The maximum Gasteiger partial charge on any atom is 0.242 e. The molecule has 0 aliphatic carbocycles. The number of fused-ring (bicyclic) bond motifs is 1. The van der Waals surface area contributed by atoms with Gasteiger partial charge in [0.1, 0.15) is 23.9 Å². The number of thioether (sulfide) groups is 1. The van der Waals surface area contributed by atoms with E-state index < -0.39 is 5.25 Å². The van der Waals surface area contributed by atoms with Gasteiger partial charge in [-0.3, -0.25) is 14.5 Å². The molecule has 0 saturated carbocycles. The van der Waals surface area contributed by atoms with Crippen molar-refractivity contribution in [2.75, 3.05) is 37.4 Å². The van der Waals surface area contributed by atoms with E-state index in [0.717, 1.165) is 35.2 Å². The molecule has 1 aromatic heterocycles. The molecule has 1 atom stereocenters. The Morgan fingerprint density at radius 3 is 2.45 bits per heavy atom. The first-order valence-corrected chi connectivity index (χ1v) is 15.3. The number of carbonyl (C=O) groups is 2. The maximum absolute atomic E-state index is 14.6. The normalized spacial score (nSPS) is 17.6. The van der Waals surface area contributed by atoms with Crippen molar-refractivity contribution in [3.63, 3.8) is 0 Å². The summed E-state index contributed by atoms with van der Waals surface area (Å²) in [5, 5.41) is 4.70. The van der Waals surface area contributed by atoms with Crippen LogP contribution in [0, 0.1) is 11.7 Å².